The van der Waals surface area contributed by atoms with Crippen LogP contribution in [0.25, 0.3) is 11.0 Å². The number of ether oxygens (including phenoxy) is 1. The molecule has 8 nitrogen and oxygen atoms in total. The van der Waals surface area contributed by atoms with Crippen LogP contribution >= 0.6 is 0 Å². The van der Waals surface area contributed by atoms with Crippen LogP contribution in [0.15, 0.2) is 42.9 Å². The molecule has 0 bridgehead atoms. The fraction of sp³-hybridized carbons (Fsp3) is 0.333. The lowest BCUT2D eigenvalue weighted by atomic mass is 10.1. The van der Waals surface area contributed by atoms with Crippen molar-refractivity contribution in [1.29, 1.82) is 5.41 Å². The van der Waals surface area contributed by atoms with Crippen LogP contribution in [0, 0.1) is 5.41 Å². The highest BCUT2D eigenvalue weighted by Crippen LogP contribution is 2.23. The molecule has 1 saturated heterocycles. The van der Waals surface area contributed by atoms with Crippen LogP contribution in [0.2, 0.25) is 0 Å². The summed E-state index contributed by atoms with van der Waals surface area (Å²) in [6.45, 7) is 0.480. The van der Waals surface area contributed by atoms with Crippen LogP contribution < -0.4 is 5.32 Å². The van der Waals surface area contributed by atoms with Crippen LogP contribution in [0.4, 0.5) is 18.9 Å². The lowest BCUT2D eigenvalue weighted by molar-refractivity contribution is -0.115. The van der Waals surface area contributed by atoms with E-state index in [0.717, 1.165) is 0 Å². The molecule has 0 unspecified atom stereocenters. The number of halogens is 3. The third kappa shape index (κ3) is 4.72. The third-order valence-electron chi connectivity index (χ3n) is 5.06. The second kappa shape index (κ2) is 8.95. The number of alkyl halides is 3. The second-order valence-corrected chi connectivity index (χ2v) is 7.29. The van der Waals surface area contributed by atoms with E-state index in [2.05, 4.69) is 15.3 Å². The Morgan fingerprint density at radius 3 is 2.81 bits per heavy atom. The van der Waals surface area contributed by atoms with E-state index in [4.69, 9.17) is 10.1 Å². The first-order valence-corrected chi connectivity index (χ1v) is 10.0. The van der Waals surface area contributed by atoms with Crippen molar-refractivity contribution in [3.05, 3.63) is 54.1 Å². The fourth-order valence-corrected chi connectivity index (χ4v) is 3.48. The summed E-state index contributed by atoms with van der Waals surface area (Å²) in [5.41, 5.74) is 1.39. The molecule has 11 heteroatoms. The summed E-state index contributed by atoms with van der Waals surface area (Å²) >= 11 is 0. The highest BCUT2D eigenvalue weighted by atomic mass is 19.4. The number of nitrogens with one attached hydrogen (secondary N) is 2. The number of anilines is 1. The molecule has 0 saturated carbocycles. The highest BCUT2D eigenvalue weighted by molar-refractivity contribution is 6.07. The van der Waals surface area contributed by atoms with Crippen molar-refractivity contribution in [3.63, 3.8) is 0 Å². The van der Waals surface area contributed by atoms with Gasteiger partial charge in [-0.25, -0.2) is 4.98 Å². The number of rotatable bonds is 4. The van der Waals surface area contributed by atoms with E-state index in [1.54, 1.807) is 29.2 Å². The number of aromatic nitrogens is 3. The average molecular weight is 446 g/mol. The minimum Gasteiger partial charge on any atom is -0.380 e. The van der Waals surface area contributed by atoms with Crippen LogP contribution in [-0.2, 0) is 4.74 Å². The first-order chi connectivity index (χ1) is 15.3. The SMILES string of the molecule is N=C(c1cnc(C(=O)N2CCCOCC2)cc1NCC(F)(F)F)n1cnc2ccccc21. The predicted octanol–water partition coefficient (Wildman–Crippen LogP) is 3.14. The van der Waals surface area contributed by atoms with Gasteiger partial charge >= 0.3 is 6.18 Å². The summed E-state index contributed by atoms with van der Waals surface area (Å²) in [6, 6.07) is 8.37. The summed E-state index contributed by atoms with van der Waals surface area (Å²) in [7, 11) is 0. The molecule has 1 aliphatic rings. The zero-order valence-corrected chi connectivity index (χ0v) is 17.0. The molecule has 0 spiro atoms. The minimum absolute atomic E-state index is 0.00335. The molecule has 1 fully saturated rings. The first-order valence-electron chi connectivity index (χ1n) is 10.0. The smallest absolute Gasteiger partial charge is 0.380 e. The van der Waals surface area contributed by atoms with E-state index in [1.165, 1.54) is 23.2 Å². The van der Waals surface area contributed by atoms with E-state index >= 15 is 0 Å². The Bertz CT molecular complexity index is 1140. The van der Waals surface area contributed by atoms with Crippen LogP contribution in [0.1, 0.15) is 22.5 Å². The molecular formula is C21H21F3N6O2. The summed E-state index contributed by atoms with van der Waals surface area (Å²) in [4.78, 5) is 22.8. The van der Waals surface area contributed by atoms with Gasteiger partial charge in [-0.3, -0.25) is 19.8 Å². The lowest BCUT2D eigenvalue weighted by Crippen LogP contribution is -2.34. The molecule has 3 heterocycles. The number of imidazole rings is 1. The first kappa shape index (κ1) is 21.8. The lowest BCUT2D eigenvalue weighted by Gasteiger charge is -2.20. The maximum absolute atomic E-state index is 12.9. The van der Waals surface area contributed by atoms with Gasteiger partial charge in [-0.1, -0.05) is 12.1 Å². The quantitative estimate of drug-likeness (QED) is 0.474. The molecule has 0 aliphatic carbocycles. The Hall–Kier alpha value is -3.47. The van der Waals surface area contributed by atoms with Crippen molar-refractivity contribution in [2.75, 3.05) is 38.2 Å². The summed E-state index contributed by atoms with van der Waals surface area (Å²) < 4.78 is 45.6. The molecule has 1 amide bonds. The molecule has 2 aromatic heterocycles. The summed E-state index contributed by atoms with van der Waals surface area (Å²) in [6.07, 6.45) is -1.13. The maximum atomic E-state index is 12.9. The molecule has 3 aromatic rings. The van der Waals surface area contributed by atoms with Gasteiger partial charge < -0.3 is 15.0 Å². The Morgan fingerprint density at radius 1 is 1.19 bits per heavy atom. The molecule has 0 radical (unpaired) electrons. The predicted molar refractivity (Wildman–Crippen MR) is 112 cm³/mol. The fourth-order valence-electron chi connectivity index (χ4n) is 3.48. The number of hydrogen-bond donors (Lipinski definition) is 2. The van der Waals surface area contributed by atoms with Crippen molar-refractivity contribution in [2.45, 2.75) is 12.6 Å². The van der Waals surface area contributed by atoms with Gasteiger partial charge in [-0.15, -0.1) is 0 Å². The van der Waals surface area contributed by atoms with Gasteiger partial charge in [-0.2, -0.15) is 13.2 Å². The molecule has 32 heavy (non-hydrogen) atoms. The van der Waals surface area contributed by atoms with Gasteiger partial charge in [0.15, 0.2) is 0 Å². The number of amides is 1. The standard InChI is InChI=1S/C21H21F3N6O2/c22-21(23,24)12-27-16-10-17(20(31)29-6-3-8-32-9-7-29)26-11-14(16)19(25)30-13-28-15-4-1-2-5-18(15)30/h1-2,4-5,10-11,13,25H,3,6-9,12H2,(H,26,27). The van der Waals surface area contributed by atoms with Gasteiger partial charge in [0, 0.05) is 31.6 Å². The number of benzene rings is 1. The Labute approximate surface area is 181 Å². The van der Waals surface area contributed by atoms with Crippen LogP contribution in [0.5, 0.6) is 0 Å². The highest BCUT2D eigenvalue weighted by Gasteiger charge is 2.28. The third-order valence-corrected chi connectivity index (χ3v) is 5.06. The number of carbonyl (C=O) groups excluding carboxylic acids is 1. The summed E-state index contributed by atoms with van der Waals surface area (Å²) in [5.74, 6) is -0.505. The van der Waals surface area contributed by atoms with Crippen molar-refractivity contribution >= 4 is 28.5 Å². The zero-order chi connectivity index (χ0) is 22.7. The number of fused-ring (bicyclic) bond motifs is 1. The normalized spacial score (nSPS) is 14.9. The molecule has 1 aromatic carbocycles. The average Bonchev–Trinajstić information content (AvgIpc) is 3.02. The van der Waals surface area contributed by atoms with Crippen molar-refractivity contribution in [1.82, 2.24) is 19.4 Å². The number of carbonyl (C=O) groups is 1. The van der Waals surface area contributed by atoms with Crippen LogP contribution in [0.3, 0.4) is 0 Å². The number of pyridine rings is 1. The zero-order valence-electron chi connectivity index (χ0n) is 17.0. The largest absolute Gasteiger partial charge is 0.405 e. The van der Waals surface area contributed by atoms with E-state index in [1.807, 2.05) is 0 Å². The molecule has 4 rings (SSSR count). The van der Waals surface area contributed by atoms with Crippen molar-refractivity contribution < 1.29 is 22.7 Å². The molecule has 1 aliphatic heterocycles. The van der Waals surface area contributed by atoms with E-state index in [9.17, 15) is 18.0 Å². The van der Waals surface area contributed by atoms with Crippen molar-refractivity contribution in [3.8, 4) is 0 Å². The number of para-hydroxylation sites is 2. The number of nitrogens with zero attached hydrogens (tertiary/aromatic N) is 4. The molecular weight excluding hydrogens is 425 g/mol. The van der Waals surface area contributed by atoms with E-state index < -0.39 is 18.6 Å². The van der Waals surface area contributed by atoms with E-state index in [-0.39, 0.29) is 22.8 Å². The van der Waals surface area contributed by atoms with Gasteiger partial charge in [0.1, 0.15) is 24.4 Å². The van der Waals surface area contributed by atoms with Crippen molar-refractivity contribution in [2.24, 2.45) is 0 Å². The minimum atomic E-state index is -4.48. The van der Waals surface area contributed by atoms with E-state index in [0.29, 0.717) is 43.8 Å². The number of hydrogen-bond acceptors (Lipinski definition) is 6. The van der Waals surface area contributed by atoms with Gasteiger partial charge in [0.25, 0.3) is 5.91 Å². The van der Waals surface area contributed by atoms with Gasteiger partial charge in [0.05, 0.1) is 23.2 Å². The Morgan fingerprint density at radius 2 is 2.00 bits per heavy atom. The Balaban J connectivity index is 1.69. The molecule has 0 atom stereocenters. The molecule has 168 valence electrons. The van der Waals surface area contributed by atoms with Gasteiger partial charge in [0.2, 0.25) is 0 Å². The van der Waals surface area contributed by atoms with Crippen LogP contribution in [-0.4, -0.2) is 70.2 Å². The van der Waals surface area contributed by atoms with Gasteiger partial charge in [-0.05, 0) is 24.6 Å². The maximum Gasteiger partial charge on any atom is 0.405 e. The monoisotopic (exact) mass is 446 g/mol. The molecule has 2 N–H and O–H groups in total. The Kier molecular flexibility index (Phi) is 6.08. The topological polar surface area (TPSA) is 96.1 Å². The second-order valence-electron chi connectivity index (χ2n) is 7.29. The summed E-state index contributed by atoms with van der Waals surface area (Å²) in [5, 5.41) is 10.9.